The number of hydrogen-bond acceptors (Lipinski definition) is 3. The van der Waals surface area contributed by atoms with Crippen molar-refractivity contribution in [2.75, 3.05) is 19.8 Å². The average Bonchev–Trinajstić information content (AvgIpc) is 2.32. The first-order valence-electron chi connectivity index (χ1n) is 6.82. The van der Waals surface area contributed by atoms with E-state index in [-0.39, 0.29) is 5.92 Å². The maximum absolute atomic E-state index is 11.5. The lowest BCUT2D eigenvalue weighted by Crippen LogP contribution is -2.47. The summed E-state index contributed by atoms with van der Waals surface area (Å²) < 4.78 is 5.28. The molecule has 0 bridgehead atoms. The molecule has 0 heterocycles. The summed E-state index contributed by atoms with van der Waals surface area (Å²) in [5.41, 5.74) is 0. The number of carboxylic acid groups (broad SMARTS) is 1. The molecule has 1 atom stereocenters. The van der Waals surface area contributed by atoms with Crippen molar-refractivity contribution in [1.29, 1.82) is 0 Å². The zero-order chi connectivity index (χ0) is 14.7. The summed E-state index contributed by atoms with van der Waals surface area (Å²) in [6, 6.07) is -1.31. The van der Waals surface area contributed by atoms with Crippen molar-refractivity contribution in [3.05, 3.63) is 0 Å². The normalized spacial score (nSPS) is 12.2. The quantitative estimate of drug-likeness (QED) is 0.528. The van der Waals surface area contributed by atoms with Crippen molar-refractivity contribution in [2.24, 2.45) is 5.92 Å². The fourth-order valence-electron chi connectivity index (χ4n) is 1.49. The number of ether oxygens (including phenoxy) is 1. The van der Waals surface area contributed by atoms with Crippen molar-refractivity contribution in [3.63, 3.8) is 0 Å². The Kier molecular flexibility index (Phi) is 9.88. The summed E-state index contributed by atoms with van der Waals surface area (Å²) in [6.45, 7) is 7.41. The molecular formula is C13H26N2O4. The van der Waals surface area contributed by atoms with Crippen LogP contribution in [0.15, 0.2) is 0 Å². The highest BCUT2D eigenvalue weighted by molar-refractivity contribution is 5.82. The number of nitrogens with one attached hydrogen (secondary N) is 2. The lowest BCUT2D eigenvalue weighted by atomic mass is 10.0. The van der Waals surface area contributed by atoms with E-state index in [2.05, 4.69) is 17.6 Å². The van der Waals surface area contributed by atoms with Gasteiger partial charge in [0.1, 0.15) is 6.04 Å². The van der Waals surface area contributed by atoms with Gasteiger partial charge in [-0.05, 0) is 18.8 Å². The monoisotopic (exact) mass is 274 g/mol. The highest BCUT2D eigenvalue weighted by Gasteiger charge is 2.20. The second-order valence-corrected chi connectivity index (χ2v) is 4.89. The summed E-state index contributed by atoms with van der Waals surface area (Å²) in [7, 11) is 0. The molecule has 0 saturated carbocycles. The van der Waals surface area contributed by atoms with Gasteiger partial charge in [-0.1, -0.05) is 27.2 Å². The number of carboxylic acids is 1. The minimum atomic E-state index is -1.01. The number of rotatable bonds is 10. The predicted molar refractivity (Wildman–Crippen MR) is 73.1 cm³/mol. The fraction of sp³-hybridized carbons (Fsp3) is 0.846. The van der Waals surface area contributed by atoms with Gasteiger partial charge in [-0.3, -0.25) is 0 Å². The van der Waals surface area contributed by atoms with E-state index < -0.39 is 18.0 Å². The first-order valence-corrected chi connectivity index (χ1v) is 6.82. The van der Waals surface area contributed by atoms with E-state index in [1.165, 1.54) is 0 Å². The SMILES string of the molecule is CCCCOCCNC(=O)N[C@H](CC(C)C)C(=O)O. The van der Waals surface area contributed by atoms with Crippen molar-refractivity contribution >= 4 is 12.0 Å². The van der Waals surface area contributed by atoms with Crippen LogP contribution in [0, 0.1) is 5.92 Å². The summed E-state index contributed by atoms with van der Waals surface area (Å²) >= 11 is 0. The number of aliphatic carboxylic acids is 1. The Labute approximate surface area is 114 Å². The Morgan fingerprint density at radius 3 is 2.47 bits per heavy atom. The Bertz CT molecular complexity index is 269. The van der Waals surface area contributed by atoms with Gasteiger partial charge in [-0.15, -0.1) is 0 Å². The van der Waals surface area contributed by atoms with Crippen molar-refractivity contribution in [1.82, 2.24) is 10.6 Å². The Morgan fingerprint density at radius 1 is 1.26 bits per heavy atom. The molecule has 112 valence electrons. The highest BCUT2D eigenvalue weighted by atomic mass is 16.5. The third-order valence-corrected chi connectivity index (χ3v) is 2.48. The van der Waals surface area contributed by atoms with Gasteiger partial charge < -0.3 is 20.5 Å². The van der Waals surface area contributed by atoms with Gasteiger partial charge >= 0.3 is 12.0 Å². The molecule has 0 fully saturated rings. The minimum absolute atomic E-state index is 0.207. The van der Waals surface area contributed by atoms with Crippen LogP contribution in [0.1, 0.15) is 40.0 Å². The van der Waals surface area contributed by atoms with E-state index in [1.54, 1.807) is 0 Å². The van der Waals surface area contributed by atoms with Crippen LogP contribution in [-0.4, -0.2) is 42.9 Å². The molecule has 0 rings (SSSR count). The molecule has 0 spiro atoms. The summed E-state index contributed by atoms with van der Waals surface area (Å²) in [6.07, 6.45) is 2.49. The summed E-state index contributed by atoms with van der Waals surface area (Å²) in [4.78, 5) is 22.4. The van der Waals surface area contributed by atoms with E-state index in [1.807, 2.05) is 13.8 Å². The van der Waals surface area contributed by atoms with Crippen LogP contribution in [0.25, 0.3) is 0 Å². The molecule has 0 aliphatic carbocycles. The van der Waals surface area contributed by atoms with E-state index in [9.17, 15) is 9.59 Å². The van der Waals surface area contributed by atoms with Crippen LogP contribution < -0.4 is 10.6 Å². The molecule has 0 aromatic heterocycles. The first kappa shape index (κ1) is 17.7. The number of urea groups is 1. The number of unbranched alkanes of at least 4 members (excludes halogenated alkanes) is 1. The molecular weight excluding hydrogens is 248 g/mol. The van der Waals surface area contributed by atoms with Crippen LogP contribution >= 0.6 is 0 Å². The van der Waals surface area contributed by atoms with Gasteiger partial charge in [0, 0.05) is 13.2 Å². The second-order valence-electron chi connectivity index (χ2n) is 4.89. The van der Waals surface area contributed by atoms with E-state index >= 15 is 0 Å². The standard InChI is InChI=1S/C13H26N2O4/c1-4-5-7-19-8-6-14-13(18)15-11(12(16)17)9-10(2)3/h10-11H,4-9H2,1-3H3,(H,16,17)(H2,14,15,18)/t11-/m1/s1. The zero-order valence-electron chi connectivity index (χ0n) is 12.1. The Morgan fingerprint density at radius 2 is 1.95 bits per heavy atom. The molecule has 0 aromatic carbocycles. The van der Waals surface area contributed by atoms with Gasteiger partial charge in [-0.2, -0.15) is 0 Å². The second kappa shape index (κ2) is 10.6. The molecule has 2 amide bonds. The number of hydrogen-bond donors (Lipinski definition) is 3. The highest BCUT2D eigenvalue weighted by Crippen LogP contribution is 2.04. The van der Waals surface area contributed by atoms with Crippen molar-refractivity contribution in [3.8, 4) is 0 Å². The zero-order valence-corrected chi connectivity index (χ0v) is 12.1. The first-order chi connectivity index (χ1) is 8.97. The van der Waals surface area contributed by atoms with Gasteiger partial charge in [-0.25, -0.2) is 9.59 Å². The average molecular weight is 274 g/mol. The fourth-order valence-corrected chi connectivity index (χ4v) is 1.49. The van der Waals surface area contributed by atoms with E-state index in [0.29, 0.717) is 26.2 Å². The smallest absolute Gasteiger partial charge is 0.326 e. The third-order valence-electron chi connectivity index (χ3n) is 2.48. The van der Waals surface area contributed by atoms with Crippen LogP contribution in [0.2, 0.25) is 0 Å². The molecule has 6 nitrogen and oxygen atoms in total. The molecule has 19 heavy (non-hydrogen) atoms. The molecule has 3 N–H and O–H groups in total. The lowest BCUT2D eigenvalue weighted by molar-refractivity contribution is -0.139. The van der Waals surface area contributed by atoms with E-state index in [4.69, 9.17) is 9.84 Å². The molecule has 0 unspecified atom stereocenters. The van der Waals surface area contributed by atoms with Crippen LogP contribution in [0.3, 0.4) is 0 Å². The van der Waals surface area contributed by atoms with Gasteiger partial charge in [0.2, 0.25) is 0 Å². The predicted octanol–water partition coefficient (Wildman–Crippen LogP) is 1.60. The molecule has 0 radical (unpaired) electrons. The van der Waals surface area contributed by atoms with Gasteiger partial charge in [0.05, 0.1) is 6.61 Å². The maximum Gasteiger partial charge on any atom is 0.326 e. The topological polar surface area (TPSA) is 87.7 Å². The number of carbonyl (C=O) groups is 2. The lowest BCUT2D eigenvalue weighted by Gasteiger charge is -2.16. The Balaban J connectivity index is 3.78. The van der Waals surface area contributed by atoms with Gasteiger partial charge in [0.25, 0.3) is 0 Å². The minimum Gasteiger partial charge on any atom is -0.480 e. The van der Waals surface area contributed by atoms with Gasteiger partial charge in [0.15, 0.2) is 0 Å². The summed E-state index contributed by atoms with van der Waals surface area (Å²) in [5, 5.41) is 14.0. The van der Waals surface area contributed by atoms with Crippen molar-refractivity contribution in [2.45, 2.75) is 46.1 Å². The number of carbonyl (C=O) groups excluding carboxylic acids is 1. The van der Waals surface area contributed by atoms with Crippen LogP contribution in [-0.2, 0) is 9.53 Å². The molecule has 0 aliphatic rings. The molecule has 0 aliphatic heterocycles. The van der Waals surface area contributed by atoms with Crippen LogP contribution in [0.5, 0.6) is 0 Å². The third kappa shape index (κ3) is 10.3. The summed E-state index contributed by atoms with van der Waals surface area (Å²) in [5.74, 6) is -0.804. The Hall–Kier alpha value is -1.30. The van der Waals surface area contributed by atoms with Crippen LogP contribution in [0.4, 0.5) is 4.79 Å². The number of amides is 2. The molecule has 0 saturated heterocycles. The largest absolute Gasteiger partial charge is 0.480 e. The van der Waals surface area contributed by atoms with E-state index in [0.717, 1.165) is 12.8 Å². The van der Waals surface area contributed by atoms with Crippen molar-refractivity contribution < 1.29 is 19.4 Å². The molecule has 0 aromatic rings. The molecule has 6 heteroatoms. The maximum atomic E-state index is 11.5.